The molecule has 5 heteroatoms. The number of hydrogen-bond acceptors (Lipinski definition) is 3. The molecular weight excluding hydrogens is 242 g/mol. The van der Waals surface area contributed by atoms with Crippen LogP contribution >= 0.6 is 0 Å². The number of carbonyl (C=O) groups excluding carboxylic acids is 2. The van der Waals surface area contributed by atoms with Gasteiger partial charge in [-0.1, -0.05) is 27.7 Å². The molecule has 0 aromatic carbocycles. The third-order valence-electron chi connectivity index (χ3n) is 3.53. The Morgan fingerprint density at radius 2 is 1.95 bits per heavy atom. The van der Waals surface area contributed by atoms with Crippen molar-refractivity contribution < 1.29 is 9.59 Å². The predicted molar refractivity (Wildman–Crippen MR) is 75.7 cm³/mol. The zero-order valence-corrected chi connectivity index (χ0v) is 12.6. The molecule has 0 unspecified atom stereocenters. The van der Waals surface area contributed by atoms with Crippen LogP contribution in [-0.4, -0.2) is 48.9 Å². The van der Waals surface area contributed by atoms with E-state index < -0.39 is 5.41 Å². The zero-order chi connectivity index (χ0) is 14.5. The fourth-order valence-corrected chi connectivity index (χ4v) is 2.26. The predicted octanol–water partition coefficient (Wildman–Crippen LogP) is 0.749. The fraction of sp³-hybridized carbons (Fsp3) is 0.857. The summed E-state index contributed by atoms with van der Waals surface area (Å²) in [5, 5.41) is 5.56. The van der Waals surface area contributed by atoms with Crippen molar-refractivity contribution in [3.63, 3.8) is 0 Å². The Morgan fingerprint density at radius 1 is 1.26 bits per heavy atom. The van der Waals surface area contributed by atoms with Crippen molar-refractivity contribution in [1.82, 2.24) is 15.5 Å². The molecule has 0 bridgehead atoms. The lowest BCUT2D eigenvalue weighted by Gasteiger charge is -2.23. The molecule has 1 saturated heterocycles. The summed E-state index contributed by atoms with van der Waals surface area (Å²) in [5.74, 6) is -0.209. The van der Waals surface area contributed by atoms with Gasteiger partial charge in [-0.3, -0.25) is 14.5 Å². The number of nitrogens with zero attached hydrogens (tertiary/aromatic N) is 1. The molecule has 1 aliphatic rings. The Morgan fingerprint density at radius 3 is 2.53 bits per heavy atom. The lowest BCUT2D eigenvalue weighted by atomic mass is 9.96. The van der Waals surface area contributed by atoms with Crippen LogP contribution in [0.1, 0.15) is 40.5 Å². The second kappa shape index (κ2) is 6.89. The minimum absolute atomic E-state index is 0.0644. The molecule has 2 N–H and O–H groups in total. The minimum atomic E-state index is -0.454. The van der Waals surface area contributed by atoms with Gasteiger partial charge in [0.25, 0.3) is 0 Å². The van der Waals surface area contributed by atoms with Crippen LogP contribution in [0.2, 0.25) is 0 Å². The van der Waals surface area contributed by atoms with E-state index in [0.717, 1.165) is 19.5 Å². The Balaban J connectivity index is 2.23. The van der Waals surface area contributed by atoms with E-state index in [1.54, 1.807) is 0 Å². The molecule has 110 valence electrons. The summed E-state index contributed by atoms with van der Waals surface area (Å²) in [4.78, 5) is 25.7. The lowest BCUT2D eigenvalue weighted by molar-refractivity contribution is -0.131. The Labute approximate surface area is 116 Å². The molecule has 0 radical (unpaired) electrons. The summed E-state index contributed by atoms with van der Waals surface area (Å²) < 4.78 is 0. The summed E-state index contributed by atoms with van der Waals surface area (Å²) in [6.45, 7) is 10.5. The molecule has 5 nitrogen and oxygen atoms in total. The van der Waals surface area contributed by atoms with E-state index in [4.69, 9.17) is 0 Å². The molecule has 0 saturated carbocycles. The smallest absolute Gasteiger partial charge is 0.239 e. The first-order valence-electron chi connectivity index (χ1n) is 7.13. The van der Waals surface area contributed by atoms with E-state index >= 15 is 0 Å². The van der Waals surface area contributed by atoms with E-state index in [1.165, 1.54) is 6.42 Å². The first-order chi connectivity index (χ1) is 8.84. The van der Waals surface area contributed by atoms with Crippen molar-refractivity contribution in [2.75, 3.05) is 26.2 Å². The van der Waals surface area contributed by atoms with Crippen LogP contribution < -0.4 is 10.6 Å². The molecule has 0 spiro atoms. The molecular formula is C14H27N3O2. The van der Waals surface area contributed by atoms with Gasteiger partial charge in [0, 0.05) is 18.0 Å². The molecule has 1 rings (SSSR count). The van der Waals surface area contributed by atoms with Crippen molar-refractivity contribution in [1.29, 1.82) is 0 Å². The average molecular weight is 269 g/mol. The van der Waals surface area contributed by atoms with Gasteiger partial charge in [0.15, 0.2) is 0 Å². The molecule has 0 aromatic heterocycles. The summed E-state index contributed by atoms with van der Waals surface area (Å²) in [7, 11) is 0. The van der Waals surface area contributed by atoms with Crippen LogP contribution in [0.5, 0.6) is 0 Å². The molecule has 1 heterocycles. The van der Waals surface area contributed by atoms with Gasteiger partial charge in [-0.05, 0) is 25.9 Å². The first-order valence-corrected chi connectivity index (χ1v) is 7.13. The maximum Gasteiger partial charge on any atom is 0.239 e. The van der Waals surface area contributed by atoms with E-state index in [1.807, 2.05) is 20.8 Å². The Kier molecular flexibility index (Phi) is 5.79. The summed E-state index contributed by atoms with van der Waals surface area (Å²) in [6, 6.07) is 0.451. The van der Waals surface area contributed by atoms with Gasteiger partial charge in [-0.15, -0.1) is 0 Å². The van der Waals surface area contributed by atoms with Crippen molar-refractivity contribution >= 4 is 11.8 Å². The van der Waals surface area contributed by atoms with Crippen molar-refractivity contribution in [2.45, 2.75) is 46.6 Å². The van der Waals surface area contributed by atoms with Crippen molar-refractivity contribution in [2.24, 2.45) is 5.41 Å². The van der Waals surface area contributed by atoms with Gasteiger partial charge in [0.05, 0.1) is 6.54 Å². The van der Waals surface area contributed by atoms with Crippen LogP contribution in [0, 0.1) is 5.41 Å². The monoisotopic (exact) mass is 269 g/mol. The Hall–Kier alpha value is -1.10. The number of likely N-dealkylation sites (N-methyl/N-ethyl adjacent to an activating group) is 1. The highest BCUT2D eigenvalue weighted by Crippen LogP contribution is 2.15. The fourth-order valence-electron chi connectivity index (χ4n) is 2.26. The lowest BCUT2D eigenvalue weighted by Crippen LogP contribution is -2.45. The van der Waals surface area contributed by atoms with Crippen molar-refractivity contribution in [3.8, 4) is 0 Å². The van der Waals surface area contributed by atoms with Gasteiger partial charge < -0.3 is 10.6 Å². The van der Waals surface area contributed by atoms with E-state index in [-0.39, 0.29) is 18.4 Å². The Bertz CT molecular complexity index is 323. The molecule has 19 heavy (non-hydrogen) atoms. The third kappa shape index (κ3) is 5.19. The molecule has 1 aliphatic heterocycles. The van der Waals surface area contributed by atoms with Gasteiger partial charge in [0.2, 0.25) is 11.8 Å². The maximum atomic E-state index is 11.7. The zero-order valence-electron chi connectivity index (χ0n) is 12.6. The number of carbonyl (C=O) groups is 2. The highest BCUT2D eigenvalue weighted by molar-refractivity contribution is 5.87. The second-order valence-corrected chi connectivity index (χ2v) is 6.16. The van der Waals surface area contributed by atoms with Gasteiger partial charge >= 0.3 is 0 Å². The van der Waals surface area contributed by atoms with Gasteiger partial charge in [-0.25, -0.2) is 0 Å². The van der Waals surface area contributed by atoms with Crippen LogP contribution in [0.3, 0.4) is 0 Å². The van der Waals surface area contributed by atoms with E-state index in [2.05, 4.69) is 22.5 Å². The number of amides is 2. The van der Waals surface area contributed by atoms with E-state index in [0.29, 0.717) is 12.6 Å². The first kappa shape index (κ1) is 16.0. The third-order valence-corrected chi connectivity index (χ3v) is 3.53. The molecule has 2 amide bonds. The van der Waals surface area contributed by atoms with Crippen LogP contribution in [0.4, 0.5) is 0 Å². The van der Waals surface area contributed by atoms with Gasteiger partial charge in [-0.2, -0.15) is 0 Å². The number of rotatable bonds is 5. The molecule has 1 fully saturated rings. The van der Waals surface area contributed by atoms with Crippen LogP contribution in [0.15, 0.2) is 0 Å². The van der Waals surface area contributed by atoms with Crippen LogP contribution in [-0.2, 0) is 9.59 Å². The summed E-state index contributed by atoms with van der Waals surface area (Å²) in [5.41, 5.74) is -0.454. The molecule has 0 aliphatic carbocycles. The summed E-state index contributed by atoms with van der Waals surface area (Å²) in [6.07, 6.45) is 2.34. The number of hydrogen-bond donors (Lipinski definition) is 2. The highest BCUT2D eigenvalue weighted by Gasteiger charge is 2.24. The van der Waals surface area contributed by atoms with Crippen molar-refractivity contribution in [3.05, 3.63) is 0 Å². The minimum Gasteiger partial charge on any atom is -0.353 e. The standard InChI is InChI=1S/C14H27N3O2/c1-5-17-8-6-7-11(17)9-15-12(18)10-16-13(19)14(2,3)4/h11H,5-10H2,1-4H3,(H,15,18)(H,16,19)/t11-/m0/s1. The number of nitrogens with one attached hydrogen (secondary N) is 2. The molecule has 1 atom stereocenters. The quantitative estimate of drug-likeness (QED) is 0.774. The second-order valence-electron chi connectivity index (χ2n) is 6.16. The maximum absolute atomic E-state index is 11.7. The van der Waals surface area contributed by atoms with Gasteiger partial charge in [0.1, 0.15) is 0 Å². The average Bonchev–Trinajstić information content (AvgIpc) is 2.79. The molecule has 0 aromatic rings. The SMILES string of the molecule is CCN1CCC[C@H]1CNC(=O)CNC(=O)C(C)(C)C. The largest absolute Gasteiger partial charge is 0.353 e. The van der Waals surface area contributed by atoms with E-state index in [9.17, 15) is 9.59 Å². The summed E-state index contributed by atoms with van der Waals surface area (Å²) >= 11 is 0. The topological polar surface area (TPSA) is 61.4 Å². The van der Waals surface area contributed by atoms with Crippen LogP contribution in [0.25, 0.3) is 0 Å². The normalized spacial score (nSPS) is 20.3. The number of likely N-dealkylation sites (tertiary alicyclic amines) is 1. The highest BCUT2D eigenvalue weighted by atomic mass is 16.2.